The second kappa shape index (κ2) is 8.98. The van der Waals surface area contributed by atoms with Crippen LogP contribution >= 0.6 is 11.6 Å². The number of methoxy groups -OCH3 is 1. The van der Waals surface area contributed by atoms with E-state index in [0.717, 1.165) is 23.6 Å². The van der Waals surface area contributed by atoms with Crippen molar-refractivity contribution in [1.29, 1.82) is 0 Å². The molecule has 0 bridgehead atoms. The summed E-state index contributed by atoms with van der Waals surface area (Å²) >= 11 is 5.85. The van der Waals surface area contributed by atoms with E-state index in [-0.39, 0.29) is 5.91 Å². The van der Waals surface area contributed by atoms with Gasteiger partial charge in [0.05, 0.1) is 6.61 Å². The Kier molecular flexibility index (Phi) is 7.63. The van der Waals surface area contributed by atoms with Crippen molar-refractivity contribution in [2.75, 3.05) is 26.8 Å². The molecule has 0 N–H and O–H groups in total. The van der Waals surface area contributed by atoms with Gasteiger partial charge in [0.15, 0.2) is 0 Å². The Hall–Kier alpha value is -1.06. The third-order valence-corrected chi connectivity index (χ3v) is 3.30. The fraction of sp³-hybridized carbons (Fsp3) is 0.562. The molecule has 0 aromatic heterocycles. The number of hydrogen-bond donors (Lipinski definition) is 0. The summed E-state index contributed by atoms with van der Waals surface area (Å²) in [4.78, 5) is 14.2. The average Bonchev–Trinajstić information content (AvgIpc) is 2.42. The van der Waals surface area contributed by atoms with Gasteiger partial charge in [-0.25, -0.2) is 0 Å². The second-order valence-corrected chi connectivity index (χ2v) is 5.79. The van der Waals surface area contributed by atoms with Crippen molar-refractivity contribution in [2.45, 2.75) is 26.7 Å². The SMILES string of the molecule is COCCN(CC(C)C)C(=O)CCc1ccc(Cl)cc1. The van der Waals surface area contributed by atoms with Crippen LogP contribution in [-0.2, 0) is 16.0 Å². The normalized spacial score (nSPS) is 10.8. The third kappa shape index (κ3) is 6.40. The lowest BCUT2D eigenvalue weighted by molar-refractivity contribution is -0.132. The van der Waals surface area contributed by atoms with Gasteiger partial charge in [0.2, 0.25) is 5.91 Å². The van der Waals surface area contributed by atoms with Crippen molar-refractivity contribution in [3.05, 3.63) is 34.9 Å². The summed E-state index contributed by atoms with van der Waals surface area (Å²) in [6.45, 7) is 6.26. The molecule has 1 amide bonds. The molecule has 1 aromatic rings. The number of hydrogen-bond acceptors (Lipinski definition) is 2. The fourth-order valence-corrected chi connectivity index (χ4v) is 2.15. The highest BCUT2D eigenvalue weighted by Gasteiger charge is 2.14. The van der Waals surface area contributed by atoms with E-state index in [9.17, 15) is 4.79 Å². The van der Waals surface area contributed by atoms with Gasteiger partial charge in [-0.2, -0.15) is 0 Å². The fourth-order valence-electron chi connectivity index (χ4n) is 2.02. The maximum Gasteiger partial charge on any atom is 0.222 e. The molecule has 0 aliphatic rings. The Balaban J connectivity index is 2.49. The third-order valence-electron chi connectivity index (χ3n) is 3.04. The number of rotatable bonds is 8. The average molecular weight is 298 g/mol. The van der Waals surface area contributed by atoms with Gasteiger partial charge in [-0.1, -0.05) is 37.6 Å². The lowest BCUT2D eigenvalue weighted by atomic mass is 10.1. The zero-order valence-corrected chi connectivity index (χ0v) is 13.3. The minimum Gasteiger partial charge on any atom is -0.383 e. The molecule has 1 rings (SSSR count). The molecular weight excluding hydrogens is 274 g/mol. The standard InChI is InChI=1S/C16H24ClNO2/c1-13(2)12-18(10-11-20-3)16(19)9-6-14-4-7-15(17)8-5-14/h4-5,7-8,13H,6,9-12H2,1-3H3. The number of ether oxygens (including phenoxy) is 1. The molecule has 0 spiro atoms. The number of benzene rings is 1. The largest absolute Gasteiger partial charge is 0.383 e. The first kappa shape index (κ1) is 17.0. The number of carbonyl (C=O) groups is 1. The molecule has 0 aliphatic heterocycles. The summed E-state index contributed by atoms with van der Waals surface area (Å²) < 4.78 is 5.07. The topological polar surface area (TPSA) is 29.5 Å². The van der Waals surface area contributed by atoms with Crippen LogP contribution in [0.5, 0.6) is 0 Å². The molecule has 4 heteroatoms. The molecule has 0 radical (unpaired) electrons. The molecule has 0 aliphatic carbocycles. The van der Waals surface area contributed by atoms with Crippen LogP contribution in [-0.4, -0.2) is 37.6 Å². The van der Waals surface area contributed by atoms with E-state index in [2.05, 4.69) is 13.8 Å². The van der Waals surface area contributed by atoms with Crippen molar-refractivity contribution in [3.8, 4) is 0 Å². The molecular formula is C16H24ClNO2. The van der Waals surface area contributed by atoms with Crippen LogP contribution in [0.15, 0.2) is 24.3 Å². The van der Waals surface area contributed by atoms with Crippen molar-refractivity contribution < 1.29 is 9.53 Å². The zero-order chi connectivity index (χ0) is 15.0. The smallest absolute Gasteiger partial charge is 0.222 e. The van der Waals surface area contributed by atoms with Crippen LogP contribution in [0.2, 0.25) is 5.02 Å². The molecule has 0 fully saturated rings. The summed E-state index contributed by atoms with van der Waals surface area (Å²) in [5.74, 6) is 0.650. The molecule has 0 saturated carbocycles. The molecule has 0 heterocycles. The predicted octanol–water partition coefficient (Wildman–Crippen LogP) is 3.40. The van der Waals surface area contributed by atoms with Crippen LogP contribution < -0.4 is 0 Å². The monoisotopic (exact) mass is 297 g/mol. The predicted molar refractivity (Wildman–Crippen MR) is 83.1 cm³/mol. The summed E-state index contributed by atoms with van der Waals surface area (Å²) in [6.07, 6.45) is 1.27. The second-order valence-electron chi connectivity index (χ2n) is 5.35. The van der Waals surface area contributed by atoms with Gasteiger partial charge in [-0.3, -0.25) is 4.79 Å². The molecule has 0 atom stereocenters. The maximum atomic E-state index is 12.3. The zero-order valence-electron chi connectivity index (χ0n) is 12.6. The Labute approximate surface area is 126 Å². The van der Waals surface area contributed by atoms with Gasteiger partial charge < -0.3 is 9.64 Å². The van der Waals surface area contributed by atoms with E-state index in [1.807, 2.05) is 29.2 Å². The molecule has 0 saturated heterocycles. The van der Waals surface area contributed by atoms with Gasteiger partial charge in [0.25, 0.3) is 0 Å². The highest BCUT2D eigenvalue weighted by molar-refractivity contribution is 6.30. The lowest BCUT2D eigenvalue weighted by Crippen LogP contribution is -2.36. The highest BCUT2D eigenvalue weighted by Crippen LogP contribution is 2.12. The van der Waals surface area contributed by atoms with Gasteiger partial charge >= 0.3 is 0 Å². The summed E-state index contributed by atoms with van der Waals surface area (Å²) in [6, 6.07) is 7.66. The van der Waals surface area contributed by atoms with Crippen LogP contribution in [0.4, 0.5) is 0 Å². The maximum absolute atomic E-state index is 12.3. The van der Waals surface area contributed by atoms with Crippen LogP contribution in [0.3, 0.4) is 0 Å². The van der Waals surface area contributed by atoms with Gasteiger partial charge in [0, 0.05) is 31.6 Å². The minimum atomic E-state index is 0.186. The van der Waals surface area contributed by atoms with Crippen molar-refractivity contribution in [2.24, 2.45) is 5.92 Å². The Morgan fingerprint density at radius 3 is 2.50 bits per heavy atom. The summed E-state index contributed by atoms with van der Waals surface area (Å²) in [5, 5.41) is 0.724. The minimum absolute atomic E-state index is 0.186. The Morgan fingerprint density at radius 1 is 1.30 bits per heavy atom. The van der Waals surface area contributed by atoms with Crippen molar-refractivity contribution >= 4 is 17.5 Å². The first-order valence-electron chi connectivity index (χ1n) is 7.04. The number of nitrogens with zero attached hydrogens (tertiary/aromatic N) is 1. The Morgan fingerprint density at radius 2 is 1.95 bits per heavy atom. The van der Waals surface area contributed by atoms with Crippen molar-refractivity contribution in [3.63, 3.8) is 0 Å². The first-order valence-corrected chi connectivity index (χ1v) is 7.42. The quantitative estimate of drug-likeness (QED) is 0.736. The van der Waals surface area contributed by atoms with Gasteiger partial charge in [0.1, 0.15) is 0 Å². The number of amides is 1. The van der Waals surface area contributed by atoms with E-state index < -0.39 is 0 Å². The van der Waals surface area contributed by atoms with E-state index in [0.29, 0.717) is 25.5 Å². The summed E-state index contributed by atoms with van der Waals surface area (Å²) in [5.41, 5.74) is 1.14. The van der Waals surface area contributed by atoms with Crippen LogP contribution in [0, 0.1) is 5.92 Å². The number of halogens is 1. The molecule has 3 nitrogen and oxygen atoms in total. The molecule has 112 valence electrons. The van der Waals surface area contributed by atoms with E-state index in [1.54, 1.807) is 7.11 Å². The molecule has 0 unspecified atom stereocenters. The highest BCUT2D eigenvalue weighted by atomic mass is 35.5. The first-order chi connectivity index (χ1) is 9.52. The van der Waals surface area contributed by atoms with E-state index in [1.165, 1.54) is 0 Å². The van der Waals surface area contributed by atoms with E-state index >= 15 is 0 Å². The van der Waals surface area contributed by atoms with Crippen LogP contribution in [0.1, 0.15) is 25.8 Å². The number of carbonyl (C=O) groups excluding carboxylic acids is 1. The molecule has 1 aromatic carbocycles. The number of aryl methyl sites for hydroxylation is 1. The van der Waals surface area contributed by atoms with Gasteiger partial charge in [-0.15, -0.1) is 0 Å². The van der Waals surface area contributed by atoms with Gasteiger partial charge in [-0.05, 0) is 30.0 Å². The van der Waals surface area contributed by atoms with E-state index in [4.69, 9.17) is 16.3 Å². The molecule has 20 heavy (non-hydrogen) atoms. The van der Waals surface area contributed by atoms with Crippen molar-refractivity contribution in [1.82, 2.24) is 4.90 Å². The lowest BCUT2D eigenvalue weighted by Gasteiger charge is -2.24. The van der Waals surface area contributed by atoms with Crippen LogP contribution in [0.25, 0.3) is 0 Å². The summed E-state index contributed by atoms with van der Waals surface area (Å²) in [7, 11) is 1.66. The Bertz CT molecular complexity index is 403.